The Morgan fingerprint density at radius 1 is 0.634 bits per heavy atom. The fraction of sp³-hybridized carbons (Fsp3) is 0.696. The zero-order chi connectivity index (χ0) is 31.4. The van der Waals surface area contributed by atoms with Gasteiger partial charge < -0.3 is 61.2 Å². The number of nitrogens with two attached hydrogens (primary N) is 7. The number of carbonyl (C=O) groups excluding carboxylic acids is 4. The smallest absolute Gasteiger partial charge is 0.326 e. The first-order chi connectivity index (χ1) is 19.3. The van der Waals surface area contributed by atoms with Crippen molar-refractivity contribution in [3.63, 3.8) is 0 Å². The monoisotopic (exact) mass is 586 g/mol. The molecule has 234 valence electrons. The second-order valence-corrected chi connectivity index (χ2v) is 9.32. The average molecular weight is 587 g/mol. The van der Waals surface area contributed by atoms with Gasteiger partial charge in [-0.2, -0.15) is 0 Å². The minimum absolute atomic E-state index is 0.0176. The van der Waals surface area contributed by atoms with E-state index in [1.807, 2.05) is 0 Å². The summed E-state index contributed by atoms with van der Waals surface area (Å²) in [5.41, 5.74) is 37.9. The predicted molar refractivity (Wildman–Crippen MR) is 153 cm³/mol. The molecule has 4 atom stereocenters. The van der Waals surface area contributed by atoms with E-state index in [0.29, 0.717) is 32.2 Å². The van der Waals surface area contributed by atoms with E-state index in [1.54, 1.807) is 0 Å². The summed E-state index contributed by atoms with van der Waals surface area (Å²) in [6.45, 7) is 0.748. The molecule has 0 spiro atoms. The van der Waals surface area contributed by atoms with E-state index in [9.17, 15) is 29.1 Å². The Morgan fingerprint density at radius 3 is 1.51 bits per heavy atom. The van der Waals surface area contributed by atoms with Crippen LogP contribution in [0.3, 0.4) is 0 Å². The molecule has 4 unspecified atom stereocenters. The van der Waals surface area contributed by atoms with Crippen LogP contribution in [0.1, 0.15) is 57.8 Å². The number of nitrogens with zero attached hydrogens (tertiary/aromatic N) is 2. The van der Waals surface area contributed by atoms with Crippen molar-refractivity contribution >= 4 is 41.5 Å². The molecule has 0 aliphatic rings. The number of guanidine groups is 2. The van der Waals surface area contributed by atoms with Crippen LogP contribution >= 0.6 is 0 Å². The maximum Gasteiger partial charge on any atom is 0.326 e. The topological polar surface area (TPSA) is 349 Å². The number of rotatable bonds is 22. The zero-order valence-corrected chi connectivity index (χ0v) is 23.2. The highest BCUT2D eigenvalue weighted by atomic mass is 16.4. The molecule has 0 aromatic carbocycles. The fourth-order valence-corrected chi connectivity index (χ4v) is 3.55. The first kappa shape index (κ1) is 36.8. The highest BCUT2D eigenvalue weighted by Crippen LogP contribution is 2.07. The third-order valence-electron chi connectivity index (χ3n) is 5.76. The van der Waals surface area contributed by atoms with Gasteiger partial charge in [-0.15, -0.1) is 0 Å². The van der Waals surface area contributed by atoms with Crippen LogP contribution in [-0.4, -0.2) is 90.4 Å². The van der Waals surface area contributed by atoms with Crippen molar-refractivity contribution in [1.29, 1.82) is 0 Å². The summed E-state index contributed by atoms with van der Waals surface area (Å²) >= 11 is 0. The fourth-order valence-electron chi connectivity index (χ4n) is 3.55. The lowest BCUT2D eigenvalue weighted by molar-refractivity contribution is -0.142. The molecular formula is C23H46N12O6. The number of aliphatic carboxylic acids is 1. The van der Waals surface area contributed by atoms with Crippen molar-refractivity contribution in [2.75, 3.05) is 19.6 Å². The van der Waals surface area contributed by atoms with Crippen LogP contribution in [-0.2, 0) is 24.0 Å². The molecule has 41 heavy (non-hydrogen) atoms. The Labute approximate surface area is 238 Å². The van der Waals surface area contributed by atoms with Crippen LogP contribution in [0, 0.1) is 0 Å². The largest absolute Gasteiger partial charge is 0.480 e. The molecule has 18 N–H and O–H groups in total. The van der Waals surface area contributed by atoms with E-state index in [-0.39, 0.29) is 57.1 Å². The van der Waals surface area contributed by atoms with Crippen molar-refractivity contribution in [2.24, 2.45) is 50.1 Å². The van der Waals surface area contributed by atoms with Gasteiger partial charge in [0.05, 0.1) is 6.04 Å². The first-order valence-corrected chi connectivity index (χ1v) is 13.3. The molecule has 0 rings (SSSR count). The van der Waals surface area contributed by atoms with Crippen molar-refractivity contribution in [3.8, 4) is 0 Å². The molecule has 0 heterocycles. The number of unbranched alkanes of at least 4 members (excludes halogenated alkanes) is 1. The minimum atomic E-state index is -1.44. The van der Waals surface area contributed by atoms with Gasteiger partial charge in [-0.25, -0.2) is 4.79 Å². The average Bonchev–Trinajstić information content (AvgIpc) is 2.88. The van der Waals surface area contributed by atoms with E-state index in [0.717, 1.165) is 0 Å². The van der Waals surface area contributed by atoms with Gasteiger partial charge in [0.15, 0.2) is 11.9 Å². The van der Waals surface area contributed by atoms with E-state index < -0.39 is 53.8 Å². The zero-order valence-electron chi connectivity index (χ0n) is 23.2. The summed E-state index contributed by atoms with van der Waals surface area (Å²) in [4.78, 5) is 69.4. The Kier molecular flexibility index (Phi) is 18.6. The van der Waals surface area contributed by atoms with Crippen LogP contribution in [0.25, 0.3) is 0 Å². The van der Waals surface area contributed by atoms with E-state index in [1.165, 1.54) is 0 Å². The van der Waals surface area contributed by atoms with Crippen LogP contribution in [0.4, 0.5) is 0 Å². The highest BCUT2D eigenvalue weighted by Gasteiger charge is 2.30. The highest BCUT2D eigenvalue weighted by molar-refractivity contribution is 5.94. The molecule has 0 aliphatic heterocycles. The third kappa shape index (κ3) is 17.9. The molecule has 0 aliphatic carbocycles. The Morgan fingerprint density at radius 2 is 1.10 bits per heavy atom. The number of aliphatic imine (C=N–C) groups is 2. The maximum atomic E-state index is 13.3. The summed E-state index contributed by atoms with van der Waals surface area (Å²) < 4.78 is 0. The molecule has 18 heteroatoms. The lowest BCUT2D eigenvalue weighted by Crippen LogP contribution is -2.57. The number of nitrogens with one attached hydrogen (secondary N) is 3. The Bertz CT molecular complexity index is 921. The van der Waals surface area contributed by atoms with Gasteiger partial charge in [0.2, 0.25) is 23.6 Å². The van der Waals surface area contributed by atoms with Crippen molar-refractivity contribution in [3.05, 3.63) is 0 Å². The van der Waals surface area contributed by atoms with Gasteiger partial charge in [0.25, 0.3) is 0 Å². The molecule has 0 aromatic heterocycles. The molecule has 4 amide bonds. The molecular weight excluding hydrogens is 540 g/mol. The summed E-state index contributed by atoms with van der Waals surface area (Å²) in [7, 11) is 0. The number of primary amides is 1. The van der Waals surface area contributed by atoms with E-state index in [4.69, 9.17) is 40.1 Å². The number of carbonyl (C=O) groups is 5. The van der Waals surface area contributed by atoms with Gasteiger partial charge in [0, 0.05) is 19.5 Å². The third-order valence-corrected chi connectivity index (χ3v) is 5.76. The van der Waals surface area contributed by atoms with Gasteiger partial charge in [-0.1, -0.05) is 6.42 Å². The van der Waals surface area contributed by atoms with Gasteiger partial charge in [0.1, 0.15) is 18.1 Å². The number of carboxylic acids is 1. The predicted octanol–water partition coefficient (Wildman–Crippen LogP) is -4.65. The molecule has 0 aromatic rings. The maximum absolute atomic E-state index is 13.3. The Hall–Kier alpha value is -4.19. The summed E-state index contributed by atoms with van der Waals surface area (Å²) in [6.07, 6.45) is 1.76. The number of hydrogen-bond donors (Lipinski definition) is 11. The first-order valence-electron chi connectivity index (χ1n) is 13.3. The van der Waals surface area contributed by atoms with E-state index >= 15 is 0 Å². The molecule has 0 fully saturated rings. The van der Waals surface area contributed by atoms with Crippen molar-refractivity contribution < 1.29 is 29.1 Å². The Balaban J connectivity index is 5.75. The molecule has 0 radical (unpaired) electrons. The van der Waals surface area contributed by atoms with Crippen LogP contribution in [0.5, 0.6) is 0 Å². The van der Waals surface area contributed by atoms with Crippen LogP contribution in [0.15, 0.2) is 9.98 Å². The number of amides is 4. The summed E-state index contributed by atoms with van der Waals surface area (Å²) in [6, 6.07) is -4.68. The molecule has 0 saturated heterocycles. The van der Waals surface area contributed by atoms with Crippen LogP contribution in [0.2, 0.25) is 0 Å². The van der Waals surface area contributed by atoms with Gasteiger partial charge in [-0.05, 0) is 51.5 Å². The second kappa shape index (κ2) is 20.7. The molecule has 0 bridgehead atoms. The molecule has 18 nitrogen and oxygen atoms in total. The second-order valence-electron chi connectivity index (χ2n) is 9.32. The summed E-state index contributed by atoms with van der Waals surface area (Å²) in [5, 5.41) is 16.9. The summed E-state index contributed by atoms with van der Waals surface area (Å²) in [5.74, 6) is -4.56. The lowest BCUT2D eigenvalue weighted by atomic mass is 10.0. The number of carboxylic acid groups (broad SMARTS) is 1. The minimum Gasteiger partial charge on any atom is -0.480 e. The number of hydrogen-bond acceptors (Lipinski definition) is 9. The van der Waals surface area contributed by atoms with Gasteiger partial charge in [-0.3, -0.25) is 29.2 Å². The van der Waals surface area contributed by atoms with E-state index in [2.05, 4.69) is 25.9 Å². The normalized spacial score (nSPS) is 13.5. The quantitative estimate of drug-likeness (QED) is 0.0324. The van der Waals surface area contributed by atoms with Crippen molar-refractivity contribution in [1.82, 2.24) is 16.0 Å². The van der Waals surface area contributed by atoms with Crippen LogP contribution < -0.4 is 56.1 Å². The molecule has 0 saturated carbocycles. The van der Waals surface area contributed by atoms with Crippen molar-refractivity contribution in [2.45, 2.75) is 82.0 Å². The lowest BCUT2D eigenvalue weighted by Gasteiger charge is -2.25. The van der Waals surface area contributed by atoms with Gasteiger partial charge >= 0.3 is 5.97 Å². The standard InChI is InChI=1S/C23H46N12O6/c24-10-2-1-5-13(25)18(37)33-14(6-3-11-31-22(27)28)19(38)34-15(7-4-12-32-23(29)30)20(39)35-16(21(40)41)8-9-17(26)36/h13-16H,1-12,24-25H2,(H2,26,36)(H,33,37)(H,34,38)(H,35,39)(H,40,41)(H4,27,28,31)(H4,29,30,32). The SMILES string of the molecule is NCCCCC(N)C(=O)NC(CCCN=C(N)N)C(=O)NC(CCCN=C(N)N)C(=O)NC(CCC(N)=O)C(=O)O.